The first-order valence-corrected chi connectivity index (χ1v) is 7.39. The normalized spacial score (nSPS) is 33.5. The molecule has 0 spiro atoms. The van der Waals surface area contributed by atoms with E-state index in [-0.39, 0.29) is 0 Å². The smallest absolute Gasteiger partial charge is 0.0110 e. The number of piperidine rings is 1. The van der Waals surface area contributed by atoms with Crippen molar-refractivity contribution in [1.29, 1.82) is 0 Å². The van der Waals surface area contributed by atoms with E-state index >= 15 is 0 Å². The van der Waals surface area contributed by atoms with Gasteiger partial charge < -0.3 is 15.1 Å². The molecule has 2 aliphatic rings. The van der Waals surface area contributed by atoms with Gasteiger partial charge in [-0.05, 0) is 37.8 Å². The molecule has 0 aromatic rings. The van der Waals surface area contributed by atoms with Crippen LogP contribution in [0, 0.1) is 11.8 Å². The minimum absolute atomic E-state index is 0.893. The van der Waals surface area contributed by atoms with Crippen molar-refractivity contribution in [2.45, 2.75) is 26.7 Å². The lowest BCUT2D eigenvalue weighted by Crippen LogP contribution is -2.43. The maximum Gasteiger partial charge on any atom is 0.0110 e. The first-order valence-electron chi connectivity index (χ1n) is 7.39. The van der Waals surface area contributed by atoms with E-state index in [1.165, 1.54) is 65.2 Å². The highest BCUT2D eigenvalue weighted by molar-refractivity contribution is 4.76. The van der Waals surface area contributed by atoms with E-state index in [9.17, 15) is 0 Å². The lowest BCUT2D eigenvalue weighted by molar-refractivity contribution is 0.124. The van der Waals surface area contributed by atoms with Crippen molar-refractivity contribution in [3.8, 4) is 0 Å². The molecule has 0 saturated carbocycles. The topological polar surface area (TPSA) is 18.5 Å². The van der Waals surface area contributed by atoms with Crippen LogP contribution in [-0.4, -0.2) is 62.2 Å². The van der Waals surface area contributed by atoms with Gasteiger partial charge in [-0.2, -0.15) is 0 Å². The maximum absolute atomic E-state index is 3.47. The molecule has 2 aliphatic heterocycles. The Kier molecular flexibility index (Phi) is 5.26. The zero-order chi connectivity index (χ0) is 12.1. The second kappa shape index (κ2) is 6.72. The first kappa shape index (κ1) is 13.3. The second-order valence-corrected chi connectivity index (χ2v) is 6.15. The van der Waals surface area contributed by atoms with E-state index in [1.807, 2.05) is 0 Å². The highest BCUT2D eigenvalue weighted by Crippen LogP contribution is 2.20. The highest BCUT2D eigenvalue weighted by Gasteiger charge is 2.21. The third-order valence-electron chi connectivity index (χ3n) is 4.11. The lowest BCUT2D eigenvalue weighted by Gasteiger charge is -2.36. The van der Waals surface area contributed by atoms with Gasteiger partial charge in [0.05, 0.1) is 0 Å². The maximum atomic E-state index is 3.47. The van der Waals surface area contributed by atoms with E-state index < -0.39 is 0 Å². The van der Waals surface area contributed by atoms with Gasteiger partial charge in [-0.25, -0.2) is 0 Å². The molecule has 3 nitrogen and oxygen atoms in total. The second-order valence-electron chi connectivity index (χ2n) is 6.15. The largest absolute Gasteiger partial charge is 0.315 e. The number of nitrogens with one attached hydrogen (secondary N) is 1. The quantitative estimate of drug-likeness (QED) is 0.800. The van der Waals surface area contributed by atoms with Gasteiger partial charge in [0, 0.05) is 39.3 Å². The van der Waals surface area contributed by atoms with E-state index in [0.29, 0.717) is 0 Å². The van der Waals surface area contributed by atoms with Crippen molar-refractivity contribution < 1.29 is 0 Å². The molecule has 2 fully saturated rings. The standard InChI is InChI=1S/C14H29N3/c1-13-10-14(2)12-17(11-13)9-8-16-6-3-4-15-5-7-16/h13-15H,3-12H2,1-2H3. The summed E-state index contributed by atoms with van der Waals surface area (Å²) >= 11 is 0. The Morgan fingerprint density at radius 3 is 2.41 bits per heavy atom. The van der Waals surface area contributed by atoms with Gasteiger partial charge in [0.15, 0.2) is 0 Å². The summed E-state index contributed by atoms with van der Waals surface area (Å²) in [5.74, 6) is 1.79. The number of likely N-dealkylation sites (tertiary alicyclic amines) is 1. The molecule has 0 aromatic heterocycles. The minimum Gasteiger partial charge on any atom is -0.315 e. The molecule has 0 amide bonds. The van der Waals surface area contributed by atoms with Crippen molar-refractivity contribution in [3.63, 3.8) is 0 Å². The Bertz CT molecular complexity index is 202. The molecule has 17 heavy (non-hydrogen) atoms. The Morgan fingerprint density at radius 1 is 0.941 bits per heavy atom. The summed E-state index contributed by atoms with van der Waals surface area (Å²) in [5.41, 5.74) is 0. The molecule has 3 heteroatoms. The number of hydrogen-bond acceptors (Lipinski definition) is 3. The van der Waals surface area contributed by atoms with Crippen LogP contribution in [0.3, 0.4) is 0 Å². The van der Waals surface area contributed by atoms with Gasteiger partial charge in [0.1, 0.15) is 0 Å². The van der Waals surface area contributed by atoms with Crippen LogP contribution in [0.1, 0.15) is 26.7 Å². The summed E-state index contributed by atoms with van der Waals surface area (Å²) in [6.07, 6.45) is 2.73. The fraction of sp³-hybridized carbons (Fsp3) is 1.00. The third kappa shape index (κ3) is 4.57. The Morgan fingerprint density at radius 2 is 1.65 bits per heavy atom. The zero-order valence-electron chi connectivity index (χ0n) is 11.6. The molecule has 0 aliphatic carbocycles. The molecule has 2 unspecified atom stereocenters. The van der Waals surface area contributed by atoms with Crippen LogP contribution >= 0.6 is 0 Å². The fourth-order valence-electron chi connectivity index (χ4n) is 3.38. The Hall–Kier alpha value is -0.120. The number of nitrogens with zero attached hydrogens (tertiary/aromatic N) is 2. The number of rotatable bonds is 3. The van der Waals surface area contributed by atoms with Crippen molar-refractivity contribution in [1.82, 2.24) is 15.1 Å². The molecule has 2 saturated heterocycles. The van der Waals surface area contributed by atoms with Crippen molar-refractivity contribution in [2.24, 2.45) is 11.8 Å². The first-order chi connectivity index (χ1) is 8.24. The van der Waals surface area contributed by atoms with Gasteiger partial charge >= 0.3 is 0 Å². The molecular weight excluding hydrogens is 210 g/mol. The lowest BCUT2D eigenvalue weighted by atomic mass is 9.92. The summed E-state index contributed by atoms with van der Waals surface area (Å²) in [6.45, 7) is 14.9. The van der Waals surface area contributed by atoms with Gasteiger partial charge in [-0.3, -0.25) is 0 Å². The summed E-state index contributed by atoms with van der Waals surface area (Å²) in [5, 5.41) is 3.47. The van der Waals surface area contributed by atoms with Crippen LogP contribution in [-0.2, 0) is 0 Å². The van der Waals surface area contributed by atoms with Gasteiger partial charge in [-0.15, -0.1) is 0 Å². The average molecular weight is 239 g/mol. The van der Waals surface area contributed by atoms with Gasteiger partial charge in [0.25, 0.3) is 0 Å². The molecular formula is C14H29N3. The average Bonchev–Trinajstić information content (AvgIpc) is 2.53. The SMILES string of the molecule is CC1CC(C)CN(CCN2CCCNCC2)C1. The molecule has 2 rings (SSSR count). The number of hydrogen-bond donors (Lipinski definition) is 1. The molecule has 2 atom stereocenters. The predicted octanol–water partition coefficient (Wildman–Crippen LogP) is 1.26. The van der Waals surface area contributed by atoms with Crippen LogP contribution in [0.5, 0.6) is 0 Å². The van der Waals surface area contributed by atoms with E-state index in [4.69, 9.17) is 0 Å². The summed E-state index contributed by atoms with van der Waals surface area (Å²) in [4.78, 5) is 5.31. The molecule has 0 radical (unpaired) electrons. The van der Waals surface area contributed by atoms with E-state index in [1.54, 1.807) is 0 Å². The fourth-order valence-corrected chi connectivity index (χ4v) is 3.38. The van der Waals surface area contributed by atoms with Crippen LogP contribution < -0.4 is 5.32 Å². The van der Waals surface area contributed by atoms with Crippen LogP contribution in [0.2, 0.25) is 0 Å². The van der Waals surface area contributed by atoms with Crippen molar-refractivity contribution >= 4 is 0 Å². The Labute approximate surface area is 107 Å². The van der Waals surface area contributed by atoms with E-state index in [2.05, 4.69) is 29.0 Å². The minimum atomic E-state index is 0.893. The Balaban J connectivity index is 1.69. The van der Waals surface area contributed by atoms with E-state index in [0.717, 1.165) is 11.8 Å². The van der Waals surface area contributed by atoms with Crippen LogP contribution in [0.15, 0.2) is 0 Å². The molecule has 0 aromatic carbocycles. The van der Waals surface area contributed by atoms with Crippen molar-refractivity contribution in [2.75, 3.05) is 52.4 Å². The van der Waals surface area contributed by atoms with Gasteiger partial charge in [-0.1, -0.05) is 13.8 Å². The summed E-state index contributed by atoms with van der Waals surface area (Å²) in [7, 11) is 0. The summed E-state index contributed by atoms with van der Waals surface area (Å²) in [6, 6.07) is 0. The molecule has 0 bridgehead atoms. The molecule has 100 valence electrons. The third-order valence-corrected chi connectivity index (χ3v) is 4.11. The van der Waals surface area contributed by atoms with Gasteiger partial charge in [0.2, 0.25) is 0 Å². The summed E-state index contributed by atoms with van der Waals surface area (Å²) < 4.78 is 0. The van der Waals surface area contributed by atoms with Crippen LogP contribution in [0.4, 0.5) is 0 Å². The predicted molar refractivity (Wildman–Crippen MR) is 73.3 cm³/mol. The molecule has 2 heterocycles. The van der Waals surface area contributed by atoms with Crippen LogP contribution in [0.25, 0.3) is 0 Å². The highest BCUT2D eigenvalue weighted by atomic mass is 15.2. The molecule has 1 N–H and O–H groups in total. The monoisotopic (exact) mass is 239 g/mol. The zero-order valence-corrected chi connectivity index (χ0v) is 11.6. The van der Waals surface area contributed by atoms with Crippen molar-refractivity contribution in [3.05, 3.63) is 0 Å².